The number of hydrogen-bond acceptors (Lipinski definition) is 2. The molecule has 0 bridgehead atoms. The molecule has 0 aromatic rings. The Kier molecular flexibility index (Phi) is 4.83. The molecule has 0 radical (unpaired) electrons. The van der Waals surface area contributed by atoms with Crippen molar-refractivity contribution in [3.8, 4) is 0 Å². The standard InChI is InChI=1S/C15H25NO3/c1-11-4-2-5-12(8-11)9-14(17)16-7-3-6-13(16)10-15(18)19/h11-13H,2-10H2,1H3,(H,18,19). The molecule has 4 nitrogen and oxygen atoms in total. The van der Waals surface area contributed by atoms with Crippen LogP contribution in [0.3, 0.4) is 0 Å². The molecule has 1 saturated heterocycles. The molecule has 2 rings (SSSR count). The fourth-order valence-corrected chi connectivity index (χ4v) is 3.69. The van der Waals surface area contributed by atoms with E-state index in [9.17, 15) is 9.59 Å². The third-order valence-electron chi connectivity index (χ3n) is 4.62. The van der Waals surface area contributed by atoms with Crippen LogP contribution in [0, 0.1) is 11.8 Å². The molecule has 19 heavy (non-hydrogen) atoms. The molecule has 0 aromatic heterocycles. The monoisotopic (exact) mass is 267 g/mol. The first-order chi connectivity index (χ1) is 9.06. The van der Waals surface area contributed by atoms with Crippen molar-refractivity contribution in [2.45, 2.75) is 64.3 Å². The van der Waals surface area contributed by atoms with Crippen LogP contribution in [0.5, 0.6) is 0 Å². The number of carbonyl (C=O) groups is 2. The number of amides is 1. The van der Waals surface area contributed by atoms with Crippen molar-refractivity contribution in [3.05, 3.63) is 0 Å². The zero-order chi connectivity index (χ0) is 13.8. The minimum atomic E-state index is -0.795. The minimum absolute atomic E-state index is 0.0639. The van der Waals surface area contributed by atoms with E-state index < -0.39 is 5.97 Å². The summed E-state index contributed by atoms with van der Waals surface area (Å²) >= 11 is 0. The molecule has 1 heterocycles. The first kappa shape index (κ1) is 14.4. The van der Waals surface area contributed by atoms with Crippen LogP contribution in [0.15, 0.2) is 0 Å². The van der Waals surface area contributed by atoms with Crippen molar-refractivity contribution >= 4 is 11.9 Å². The Morgan fingerprint density at radius 3 is 2.63 bits per heavy atom. The quantitative estimate of drug-likeness (QED) is 0.852. The molecular weight excluding hydrogens is 242 g/mol. The van der Waals surface area contributed by atoms with Gasteiger partial charge in [0.2, 0.25) is 5.91 Å². The number of rotatable bonds is 4. The smallest absolute Gasteiger partial charge is 0.305 e. The van der Waals surface area contributed by atoms with E-state index in [0.717, 1.165) is 38.1 Å². The number of likely N-dealkylation sites (tertiary alicyclic amines) is 1. The lowest BCUT2D eigenvalue weighted by molar-refractivity contribution is -0.140. The largest absolute Gasteiger partial charge is 0.481 e. The third-order valence-corrected chi connectivity index (χ3v) is 4.62. The van der Waals surface area contributed by atoms with Crippen molar-refractivity contribution in [1.82, 2.24) is 4.90 Å². The number of carbonyl (C=O) groups excluding carboxylic acids is 1. The fraction of sp³-hybridized carbons (Fsp3) is 0.867. The van der Waals surface area contributed by atoms with Gasteiger partial charge in [-0.25, -0.2) is 0 Å². The maximum Gasteiger partial charge on any atom is 0.305 e. The van der Waals surface area contributed by atoms with E-state index in [-0.39, 0.29) is 18.4 Å². The first-order valence-corrected chi connectivity index (χ1v) is 7.57. The molecule has 3 atom stereocenters. The molecule has 1 aliphatic heterocycles. The SMILES string of the molecule is CC1CCCC(CC(=O)N2CCCC2CC(=O)O)C1. The Bertz CT molecular complexity index is 342. The number of nitrogens with zero attached hydrogens (tertiary/aromatic N) is 1. The normalized spacial score (nSPS) is 31.4. The molecule has 1 amide bonds. The molecule has 2 fully saturated rings. The molecule has 0 spiro atoms. The van der Waals surface area contributed by atoms with Gasteiger partial charge < -0.3 is 10.0 Å². The molecule has 0 aromatic carbocycles. The summed E-state index contributed by atoms with van der Waals surface area (Å²) in [7, 11) is 0. The number of hydrogen-bond donors (Lipinski definition) is 1. The van der Waals surface area contributed by atoms with E-state index in [4.69, 9.17) is 5.11 Å². The van der Waals surface area contributed by atoms with E-state index in [1.807, 2.05) is 4.90 Å². The van der Waals surface area contributed by atoms with Crippen LogP contribution >= 0.6 is 0 Å². The molecule has 4 heteroatoms. The van der Waals surface area contributed by atoms with Crippen LogP contribution in [-0.2, 0) is 9.59 Å². The second-order valence-electron chi connectivity index (χ2n) is 6.32. The summed E-state index contributed by atoms with van der Waals surface area (Å²) in [5.74, 6) is 0.640. The van der Waals surface area contributed by atoms with Gasteiger partial charge in [0.1, 0.15) is 0 Å². The number of carboxylic acids is 1. The first-order valence-electron chi connectivity index (χ1n) is 7.57. The lowest BCUT2D eigenvalue weighted by Gasteiger charge is -2.29. The van der Waals surface area contributed by atoms with Gasteiger partial charge in [0, 0.05) is 19.0 Å². The van der Waals surface area contributed by atoms with Gasteiger partial charge in [0.15, 0.2) is 0 Å². The van der Waals surface area contributed by atoms with Gasteiger partial charge in [0.05, 0.1) is 6.42 Å². The third kappa shape index (κ3) is 3.95. The van der Waals surface area contributed by atoms with Gasteiger partial charge in [-0.15, -0.1) is 0 Å². The highest BCUT2D eigenvalue weighted by Gasteiger charge is 2.32. The second-order valence-corrected chi connectivity index (χ2v) is 6.32. The highest BCUT2D eigenvalue weighted by Crippen LogP contribution is 2.32. The molecule has 2 aliphatic rings. The van der Waals surface area contributed by atoms with Gasteiger partial charge in [-0.2, -0.15) is 0 Å². The minimum Gasteiger partial charge on any atom is -0.481 e. The van der Waals surface area contributed by atoms with Crippen molar-refractivity contribution in [3.63, 3.8) is 0 Å². The van der Waals surface area contributed by atoms with Gasteiger partial charge >= 0.3 is 5.97 Å². The summed E-state index contributed by atoms with van der Waals surface area (Å²) in [5.41, 5.74) is 0. The van der Waals surface area contributed by atoms with Crippen LogP contribution in [0.4, 0.5) is 0 Å². The highest BCUT2D eigenvalue weighted by atomic mass is 16.4. The van der Waals surface area contributed by atoms with Gasteiger partial charge in [0.25, 0.3) is 0 Å². The van der Waals surface area contributed by atoms with Crippen LogP contribution in [0.25, 0.3) is 0 Å². The number of aliphatic carboxylic acids is 1. The van der Waals surface area contributed by atoms with E-state index in [2.05, 4.69) is 6.92 Å². The van der Waals surface area contributed by atoms with E-state index >= 15 is 0 Å². The Balaban J connectivity index is 1.86. The number of carboxylic acid groups (broad SMARTS) is 1. The van der Waals surface area contributed by atoms with Gasteiger partial charge in [-0.3, -0.25) is 9.59 Å². The van der Waals surface area contributed by atoms with Crippen LogP contribution in [0.1, 0.15) is 58.3 Å². The summed E-state index contributed by atoms with van der Waals surface area (Å²) in [6, 6.07) is -0.0639. The van der Waals surface area contributed by atoms with Crippen LogP contribution in [0.2, 0.25) is 0 Å². The van der Waals surface area contributed by atoms with E-state index in [0.29, 0.717) is 12.3 Å². The molecule has 1 aliphatic carbocycles. The molecule has 108 valence electrons. The average Bonchev–Trinajstić information content (AvgIpc) is 2.76. The molecule has 1 N–H and O–H groups in total. The summed E-state index contributed by atoms with van der Waals surface area (Å²) in [6.45, 7) is 3.01. The zero-order valence-corrected chi connectivity index (χ0v) is 11.8. The summed E-state index contributed by atoms with van der Waals surface area (Å²) in [4.78, 5) is 25.0. The van der Waals surface area contributed by atoms with Crippen molar-refractivity contribution in [2.75, 3.05) is 6.54 Å². The Morgan fingerprint density at radius 1 is 1.16 bits per heavy atom. The maximum absolute atomic E-state index is 12.3. The van der Waals surface area contributed by atoms with Crippen LogP contribution in [-0.4, -0.2) is 34.5 Å². The summed E-state index contributed by atoms with van der Waals surface area (Å²) in [6.07, 6.45) is 7.36. The van der Waals surface area contributed by atoms with Crippen molar-refractivity contribution in [2.24, 2.45) is 11.8 Å². The van der Waals surface area contributed by atoms with Gasteiger partial charge in [-0.1, -0.05) is 19.8 Å². The Hall–Kier alpha value is -1.06. The lowest BCUT2D eigenvalue weighted by Crippen LogP contribution is -2.38. The second kappa shape index (κ2) is 6.40. The maximum atomic E-state index is 12.3. The van der Waals surface area contributed by atoms with Gasteiger partial charge in [-0.05, 0) is 37.5 Å². The Morgan fingerprint density at radius 2 is 1.95 bits per heavy atom. The van der Waals surface area contributed by atoms with Crippen molar-refractivity contribution in [1.29, 1.82) is 0 Å². The van der Waals surface area contributed by atoms with E-state index in [1.165, 1.54) is 12.8 Å². The highest BCUT2D eigenvalue weighted by molar-refractivity contribution is 5.78. The fourth-order valence-electron chi connectivity index (χ4n) is 3.69. The predicted molar refractivity (Wildman–Crippen MR) is 72.7 cm³/mol. The van der Waals surface area contributed by atoms with E-state index in [1.54, 1.807) is 0 Å². The topological polar surface area (TPSA) is 57.6 Å². The Labute approximate surface area is 115 Å². The zero-order valence-electron chi connectivity index (χ0n) is 11.8. The van der Waals surface area contributed by atoms with Crippen molar-refractivity contribution < 1.29 is 14.7 Å². The molecule has 1 saturated carbocycles. The molecular formula is C15H25NO3. The summed E-state index contributed by atoms with van der Waals surface area (Å²) < 4.78 is 0. The lowest BCUT2D eigenvalue weighted by atomic mass is 9.80. The summed E-state index contributed by atoms with van der Waals surface area (Å²) in [5, 5.41) is 8.89. The predicted octanol–water partition coefficient (Wildman–Crippen LogP) is 2.67. The molecule has 3 unspecified atom stereocenters. The average molecular weight is 267 g/mol. The van der Waals surface area contributed by atoms with Crippen LogP contribution < -0.4 is 0 Å².